The number of benzene rings is 3. The summed E-state index contributed by atoms with van der Waals surface area (Å²) in [7, 11) is 0. The predicted molar refractivity (Wildman–Crippen MR) is 170 cm³/mol. The lowest BCUT2D eigenvalue weighted by Gasteiger charge is -2.24. The maximum Gasteiger partial charge on any atom is 0.256 e. The zero-order chi connectivity index (χ0) is 29.6. The highest BCUT2D eigenvalue weighted by molar-refractivity contribution is 7.10. The van der Waals surface area contributed by atoms with Crippen LogP contribution in [0.25, 0.3) is 22.3 Å². The molecule has 1 atom stereocenters. The molecule has 3 aromatic carbocycles. The number of aliphatic hydroxyl groups excluding tert-OH is 1. The maximum atomic E-state index is 13.5. The van der Waals surface area contributed by atoms with Crippen molar-refractivity contribution < 1.29 is 9.90 Å². The summed E-state index contributed by atoms with van der Waals surface area (Å²) in [5.74, 6) is 0.292. The Bertz CT molecular complexity index is 1880. The maximum absolute atomic E-state index is 13.5. The number of carbonyl (C=O) groups is 1. The summed E-state index contributed by atoms with van der Waals surface area (Å²) in [6.45, 7) is 0.553. The Morgan fingerprint density at radius 1 is 0.953 bits per heavy atom. The molecule has 1 aliphatic heterocycles. The highest BCUT2D eigenvalue weighted by Gasteiger charge is 2.50. The van der Waals surface area contributed by atoms with Gasteiger partial charge >= 0.3 is 0 Å². The highest BCUT2D eigenvalue weighted by atomic mass is 35.5. The molecular formula is C35H30ClN3O3S. The van der Waals surface area contributed by atoms with Crippen molar-refractivity contribution in [2.45, 2.75) is 43.7 Å². The average Bonchev–Trinajstić information content (AvgIpc) is 3.75. The van der Waals surface area contributed by atoms with Gasteiger partial charge in [0.05, 0.1) is 23.2 Å². The number of nitrogens with zero attached hydrogens (tertiary/aromatic N) is 2. The van der Waals surface area contributed by atoms with Gasteiger partial charge in [-0.2, -0.15) is 0 Å². The molecule has 3 heterocycles. The number of hydrogen-bond acceptors (Lipinski definition) is 5. The molecule has 2 aromatic heterocycles. The van der Waals surface area contributed by atoms with Gasteiger partial charge in [0.2, 0.25) is 0 Å². The van der Waals surface area contributed by atoms with Crippen LogP contribution in [0, 0.1) is 0 Å². The Hall–Kier alpha value is -4.04. The van der Waals surface area contributed by atoms with E-state index in [1.165, 1.54) is 16.0 Å². The Labute approximate surface area is 258 Å². The molecule has 0 saturated heterocycles. The SMILES string of the molecule is O=C([C@H](O)c1cccc(-c2cccc(Cl)c2)c1)N1CCCc2nc(C3(c4cc(-c5ccccc5)cs4)CC3)[nH]c(=O)c2C1. The topological polar surface area (TPSA) is 86.3 Å². The smallest absolute Gasteiger partial charge is 0.256 e. The predicted octanol–water partition coefficient (Wildman–Crippen LogP) is 6.91. The lowest BCUT2D eigenvalue weighted by Crippen LogP contribution is -2.36. The first kappa shape index (κ1) is 27.8. The number of rotatable bonds is 6. The molecule has 0 unspecified atom stereocenters. The van der Waals surface area contributed by atoms with Crippen LogP contribution in [0.15, 0.2) is 95.1 Å². The van der Waals surface area contributed by atoms with Gasteiger partial charge in [0.15, 0.2) is 6.10 Å². The van der Waals surface area contributed by atoms with Gasteiger partial charge in [-0.15, -0.1) is 11.3 Å². The third-order valence-corrected chi connectivity index (χ3v) is 9.95. The Kier molecular flexibility index (Phi) is 7.25. The van der Waals surface area contributed by atoms with Gasteiger partial charge in [-0.25, -0.2) is 4.98 Å². The van der Waals surface area contributed by atoms with Crippen LogP contribution in [0.4, 0.5) is 0 Å². The standard InChI is InChI=1S/C35H30ClN3O3S/c36-27-12-5-10-24(18-27)23-9-4-11-25(17-23)31(40)33(42)39-16-6-13-29-28(20-39)32(41)38-34(37-29)35(14-15-35)30-19-26(21-43-30)22-7-2-1-3-8-22/h1-5,7-12,17-19,21,31,40H,6,13-16,20H2,(H,37,38,41)/t31-/m1/s1. The summed E-state index contributed by atoms with van der Waals surface area (Å²) in [4.78, 5) is 37.9. The van der Waals surface area contributed by atoms with Crippen molar-refractivity contribution in [2.24, 2.45) is 0 Å². The summed E-state index contributed by atoms with van der Waals surface area (Å²) in [5.41, 5.74) is 5.38. The second-order valence-electron chi connectivity index (χ2n) is 11.4. The van der Waals surface area contributed by atoms with Crippen LogP contribution >= 0.6 is 22.9 Å². The zero-order valence-electron chi connectivity index (χ0n) is 23.4. The summed E-state index contributed by atoms with van der Waals surface area (Å²) in [6.07, 6.45) is 1.79. The molecule has 0 radical (unpaired) electrons. The summed E-state index contributed by atoms with van der Waals surface area (Å²) in [6, 6.07) is 27.3. The molecule has 5 aromatic rings. The molecule has 1 aliphatic carbocycles. The molecule has 1 amide bonds. The van der Waals surface area contributed by atoms with Gasteiger partial charge in [-0.05, 0) is 83.1 Å². The molecule has 0 bridgehead atoms. The number of thiophene rings is 1. The van der Waals surface area contributed by atoms with Crippen LogP contribution in [0.5, 0.6) is 0 Å². The fourth-order valence-electron chi connectivity index (χ4n) is 6.00. The van der Waals surface area contributed by atoms with Crippen LogP contribution < -0.4 is 5.56 Å². The van der Waals surface area contributed by atoms with E-state index in [-0.39, 0.29) is 17.5 Å². The van der Waals surface area contributed by atoms with Gasteiger partial charge < -0.3 is 15.0 Å². The molecular weight excluding hydrogens is 578 g/mol. The van der Waals surface area contributed by atoms with Crippen molar-refractivity contribution in [2.75, 3.05) is 6.54 Å². The van der Waals surface area contributed by atoms with Crippen molar-refractivity contribution >= 4 is 28.8 Å². The van der Waals surface area contributed by atoms with E-state index in [4.69, 9.17) is 16.6 Å². The van der Waals surface area contributed by atoms with Gasteiger partial charge in [-0.1, -0.05) is 72.3 Å². The number of aliphatic hydroxyl groups is 1. The Morgan fingerprint density at radius 2 is 1.70 bits per heavy atom. The van der Waals surface area contributed by atoms with Gasteiger partial charge in [-0.3, -0.25) is 9.59 Å². The van der Waals surface area contributed by atoms with Crippen LogP contribution in [0.3, 0.4) is 0 Å². The number of nitrogens with one attached hydrogen (secondary N) is 1. The van der Waals surface area contributed by atoms with Crippen LogP contribution in [0.2, 0.25) is 5.02 Å². The fourth-order valence-corrected chi connectivity index (χ4v) is 7.37. The molecule has 7 rings (SSSR count). The van der Waals surface area contributed by atoms with E-state index in [9.17, 15) is 14.7 Å². The third kappa shape index (κ3) is 5.33. The molecule has 216 valence electrons. The van der Waals surface area contributed by atoms with Gasteiger partial charge in [0, 0.05) is 16.4 Å². The van der Waals surface area contributed by atoms with Gasteiger partial charge in [0.1, 0.15) is 5.82 Å². The summed E-state index contributed by atoms with van der Waals surface area (Å²) in [5, 5.41) is 13.9. The molecule has 2 aliphatic rings. The largest absolute Gasteiger partial charge is 0.378 e. The minimum Gasteiger partial charge on any atom is -0.378 e. The van der Waals surface area contributed by atoms with Crippen molar-refractivity contribution in [3.05, 3.63) is 133 Å². The van der Waals surface area contributed by atoms with E-state index in [1.807, 2.05) is 54.6 Å². The number of carbonyl (C=O) groups excluding carboxylic acids is 1. The Morgan fingerprint density at radius 3 is 2.47 bits per heavy atom. The van der Waals surface area contributed by atoms with Crippen molar-refractivity contribution in [3.8, 4) is 22.3 Å². The number of fused-ring (bicyclic) bond motifs is 1. The monoisotopic (exact) mass is 607 g/mol. The van der Waals surface area contributed by atoms with Crippen molar-refractivity contribution in [1.82, 2.24) is 14.9 Å². The Balaban J connectivity index is 1.12. The molecule has 2 N–H and O–H groups in total. The number of aryl methyl sites for hydroxylation is 1. The average molecular weight is 608 g/mol. The van der Waals surface area contributed by atoms with Crippen molar-refractivity contribution in [3.63, 3.8) is 0 Å². The van der Waals surface area contributed by atoms with E-state index < -0.39 is 12.0 Å². The molecule has 8 heteroatoms. The molecule has 1 saturated carbocycles. The molecule has 6 nitrogen and oxygen atoms in total. The highest BCUT2D eigenvalue weighted by Crippen LogP contribution is 2.54. The van der Waals surface area contributed by atoms with Crippen LogP contribution in [-0.2, 0) is 23.2 Å². The first-order valence-corrected chi connectivity index (χ1v) is 15.8. The molecule has 0 spiro atoms. The second-order valence-corrected chi connectivity index (χ2v) is 12.7. The normalized spacial score (nSPS) is 16.3. The fraction of sp³-hybridized carbons (Fsp3) is 0.229. The first-order chi connectivity index (χ1) is 20.9. The van der Waals surface area contributed by atoms with Gasteiger partial charge in [0.25, 0.3) is 11.5 Å². The lowest BCUT2D eigenvalue weighted by molar-refractivity contribution is -0.141. The summed E-state index contributed by atoms with van der Waals surface area (Å²) >= 11 is 7.88. The van der Waals surface area contributed by atoms with E-state index >= 15 is 0 Å². The van der Waals surface area contributed by atoms with E-state index in [0.29, 0.717) is 35.5 Å². The lowest BCUT2D eigenvalue weighted by atomic mass is 10.00. The number of aromatic amines is 1. The first-order valence-electron chi connectivity index (χ1n) is 14.5. The quantitative estimate of drug-likeness (QED) is 0.220. The van der Waals surface area contributed by atoms with Crippen molar-refractivity contribution in [1.29, 1.82) is 0 Å². The third-order valence-electron chi connectivity index (χ3n) is 8.58. The number of hydrogen-bond donors (Lipinski definition) is 2. The number of amides is 1. The minimum absolute atomic E-state index is 0.117. The van der Waals surface area contributed by atoms with Crippen LogP contribution in [0.1, 0.15) is 52.9 Å². The molecule has 43 heavy (non-hydrogen) atoms. The van der Waals surface area contributed by atoms with E-state index in [1.54, 1.807) is 28.4 Å². The number of aromatic nitrogens is 2. The minimum atomic E-state index is -1.35. The van der Waals surface area contributed by atoms with E-state index in [2.05, 4.69) is 28.6 Å². The molecule has 1 fully saturated rings. The van der Waals surface area contributed by atoms with E-state index in [0.717, 1.165) is 35.5 Å². The zero-order valence-corrected chi connectivity index (χ0v) is 25.0. The second kappa shape index (κ2) is 11.2. The number of H-pyrrole nitrogens is 1. The van der Waals surface area contributed by atoms with Crippen LogP contribution in [-0.4, -0.2) is 32.4 Å². The number of halogens is 1. The summed E-state index contributed by atoms with van der Waals surface area (Å²) < 4.78 is 0.